The molecule has 208 valence electrons. The fraction of sp³-hybridized carbons (Fsp3) is 0.808. The summed E-state index contributed by atoms with van der Waals surface area (Å²) in [4.78, 5) is 27.1. The Morgan fingerprint density at radius 1 is 1.05 bits per heavy atom. The van der Waals surface area contributed by atoms with Crippen LogP contribution in [0.1, 0.15) is 67.0 Å². The molecule has 0 saturated carbocycles. The molecular weight excluding hydrogens is 502 g/mol. The first-order valence-electron chi connectivity index (χ1n) is 13.7. The maximum Gasteiger partial charge on any atom is 0.280 e. The van der Waals surface area contributed by atoms with Crippen LogP contribution in [0.15, 0.2) is 11.1 Å². The van der Waals surface area contributed by atoms with E-state index in [-0.39, 0.29) is 34.1 Å². The first kappa shape index (κ1) is 28.5. The number of nitrogens with zero attached hydrogens (tertiary/aromatic N) is 4. The Labute approximate surface area is 223 Å². The Hall–Kier alpha value is -1.54. The largest absolute Gasteiger partial charge is 0.414 e. The zero-order valence-corrected chi connectivity index (χ0v) is 26.5. The van der Waals surface area contributed by atoms with E-state index in [0.29, 0.717) is 30.1 Å². The number of H-pyrrole nitrogens is 1. The smallest absolute Gasteiger partial charge is 0.280 e. The average Bonchev–Trinajstić information content (AvgIpc) is 3.50. The van der Waals surface area contributed by atoms with Crippen molar-refractivity contribution in [2.75, 3.05) is 24.6 Å². The number of fused-ring (bicyclic) bond motifs is 1. The molecule has 3 atom stereocenters. The number of anilines is 1. The topological polar surface area (TPSA) is 94.5 Å². The number of imidazole rings is 1. The molecule has 0 spiro atoms. The van der Waals surface area contributed by atoms with Crippen molar-refractivity contribution in [2.24, 2.45) is 0 Å². The minimum atomic E-state index is -2.05. The van der Waals surface area contributed by atoms with Crippen molar-refractivity contribution in [1.82, 2.24) is 19.5 Å². The predicted molar refractivity (Wildman–Crippen MR) is 153 cm³/mol. The summed E-state index contributed by atoms with van der Waals surface area (Å²) in [6, 6.07) is 0. The molecular formula is C26H47N5O4Si2. The van der Waals surface area contributed by atoms with Gasteiger partial charge in [-0.2, -0.15) is 4.98 Å². The molecule has 0 amide bonds. The molecule has 0 aromatic carbocycles. The van der Waals surface area contributed by atoms with Crippen LogP contribution in [0, 0.1) is 0 Å². The van der Waals surface area contributed by atoms with Gasteiger partial charge in [-0.15, -0.1) is 0 Å². The van der Waals surface area contributed by atoms with Crippen LogP contribution in [0.5, 0.6) is 0 Å². The summed E-state index contributed by atoms with van der Waals surface area (Å²) in [7, 11) is -4.02. The first-order valence-corrected chi connectivity index (χ1v) is 19.5. The molecule has 1 N–H and O–H groups in total. The van der Waals surface area contributed by atoms with Gasteiger partial charge in [-0.3, -0.25) is 14.3 Å². The first-order chi connectivity index (χ1) is 17.0. The molecule has 37 heavy (non-hydrogen) atoms. The number of rotatable bonds is 7. The van der Waals surface area contributed by atoms with Crippen LogP contribution in [0.25, 0.3) is 11.2 Å². The van der Waals surface area contributed by atoms with Gasteiger partial charge in [0.2, 0.25) is 5.95 Å². The van der Waals surface area contributed by atoms with Gasteiger partial charge < -0.3 is 18.5 Å². The summed E-state index contributed by atoms with van der Waals surface area (Å²) in [6.07, 6.45) is 3.93. The molecule has 2 aliphatic rings. The van der Waals surface area contributed by atoms with Crippen LogP contribution in [0.2, 0.25) is 36.3 Å². The third kappa shape index (κ3) is 5.75. The van der Waals surface area contributed by atoms with Crippen LogP contribution in [0.3, 0.4) is 0 Å². The number of ether oxygens (including phenoxy) is 1. The molecule has 9 nitrogen and oxygen atoms in total. The van der Waals surface area contributed by atoms with E-state index in [9.17, 15) is 4.79 Å². The Morgan fingerprint density at radius 2 is 1.68 bits per heavy atom. The molecule has 2 aromatic heterocycles. The molecule has 0 radical (unpaired) electrons. The van der Waals surface area contributed by atoms with Gasteiger partial charge in [0.05, 0.1) is 19.0 Å². The monoisotopic (exact) mass is 549 g/mol. The van der Waals surface area contributed by atoms with Gasteiger partial charge in [0, 0.05) is 19.5 Å². The third-order valence-electron chi connectivity index (χ3n) is 8.98. The fourth-order valence-electron chi connectivity index (χ4n) is 4.41. The normalized spacial score (nSPS) is 23.9. The molecule has 4 heterocycles. The van der Waals surface area contributed by atoms with Crippen molar-refractivity contribution in [3.05, 3.63) is 16.7 Å². The van der Waals surface area contributed by atoms with E-state index < -0.39 is 16.6 Å². The minimum absolute atomic E-state index is 0.0805. The van der Waals surface area contributed by atoms with Gasteiger partial charge in [-0.25, -0.2) is 4.98 Å². The van der Waals surface area contributed by atoms with Gasteiger partial charge in [-0.1, -0.05) is 41.5 Å². The highest BCUT2D eigenvalue weighted by Gasteiger charge is 2.47. The number of nitrogens with one attached hydrogen (secondary N) is 1. The van der Waals surface area contributed by atoms with Crippen molar-refractivity contribution >= 4 is 33.7 Å². The molecule has 2 aromatic rings. The van der Waals surface area contributed by atoms with E-state index in [1.165, 1.54) is 0 Å². The van der Waals surface area contributed by atoms with Gasteiger partial charge >= 0.3 is 0 Å². The van der Waals surface area contributed by atoms with Crippen LogP contribution >= 0.6 is 0 Å². The predicted octanol–water partition coefficient (Wildman–Crippen LogP) is 5.42. The lowest BCUT2D eigenvalue weighted by Crippen LogP contribution is -2.48. The van der Waals surface area contributed by atoms with E-state index in [4.69, 9.17) is 18.6 Å². The summed E-state index contributed by atoms with van der Waals surface area (Å²) in [5, 5.41) is 0.190. The maximum absolute atomic E-state index is 12.8. The Balaban J connectivity index is 1.64. The molecule has 0 bridgehead atoms. The SMILES string of the molecule is CC(C)(C)[Si](C)(C)OC[C@H]1O[C@@H](n2cnc3c(=O)[nH]c(N4CCCC4)nc32)C[C@@H]1O[Si](C)(C)C(C)(C)C. The van der Waals surface area contributed by atoms with E-state index in [2.05, 4.69) is 82.6 Å². The second-order valence-corrected chi connectivity index (χ2v) is 23.3. The minimum Gasteiger partial charge on any atom is -0.414 e. The van der Waals surface area contributed by atoms with Crippen molar-refractivity contribution in [3.8, 4) is 0 Å². The van der Waals surface area contributed by atoms with Crippen LogP contribution < -0.4 is 10.5 Å². The van der Waals surface area contributed by atoms with Gasteiger partial charge in [0.1, 0.15) is 12.3 Å². The van der Waals surface area contributed by atoms with E-state index in [1.807, 2.05) is 4.57 Å². The summed E-state index contributed by atoms with van der Waals surface area (Å²) in [5.74, 6) is 0.613. The quantitative estimate of drug-likeness (QED) is 0.461. The van der Waals surface area contributed by atoms with Gasteiger partial charge in [0.15, 0.2) is 27.8 Å². The molecule has 11 heteroatoms. The van der Waals surface area contributed by atoms with E-state index >= 15 is 0 Å². The van der Waals surface area contributed by atoms with Crippen LogP contribution in [0.4, 0.5) is 5.95 Å². The second-order valence-electron chi connectivity index (χ2n) is 13.8. The molecule has 0 aliphatic carbocycles. The van der Waals surface area contributed by atoms with Crippen molar-refractivity contribution in [3.63, 3.8) is 0 Å². The highest BCUT2D eigenvalue weighted by atomic mass is 28.4. The molecule has 2 saturated heterocycles. The summed E-state index contributed by atoms with van der Waals surface area (Å²) < 4.78 is 22.1. The number of aromatic nitrogens is 4. The standard InChI is InChI=1S/C26H47N5O4Si2/c1-25(2,3)36(7,8)33-16-19-18(35-37(9,10)26(4,5)6)15-20(34-19)31-17-27-21-22(31)28-24(29-23(21)32)30-13-11-12-14-30/h17-20H,11-16H2,1-10H3,(H,28,29,32)/t18-,19+,20+/m0/s1. The second kappa shape index (κ2) is 9.89. The number of hydrogen-bond donors (Lipinski definition) is 1. The molecule has 2 aliphatic heterocycles. The lowest BCUT2D eigenvalue weighted by molar-refractivity contribution is -0.0383. The zero-order chi connectivity index (χ0) is 27.4. The number of hydrogen-bond acceptors (Lipinski definition) is 7. The van der Waals surface area contributed by atoms with E-state index in [1.54, 1.807) is 6.33 Å². The molecule has 0 unspecified atom stereocenters. The van der Waals surface area contributed by atoms with Gasteiger partial charge in [-0.05, 0) is 49.1 Å². The summed E-state index contributed by atoms with van der Waals surface area (Å²) in [5.41, 5.74) is 0.692. The van der Waals surface area contributed by atoms with E-state index in [0.717, 1.165) is 25.9 Å². The maximum atomic E-state index is 12.8. The lowest BCUT2D eigenvalue weighted by atomic mass is 10.2. The van der Waals surface area contributed by atoms with Gasteiger partial charge in [0.25, 0.3) is 5.56 Å². The Bertz CT molecular complexity index is 1160. The van der Waals surface area contributed by atoms with Crippen molar-refractivity contribution < 1.29 is 13.6 Å². The zero-order valence-electron chi connectivity index (χ0n) is 24.5. The molecule has 2 fully saturated rings. The van der Waals surface area contributed by atoms with Crippen molar-refractivity contribution in [2.45, 2.75) is 116 Å². The summed E-state index contributed by atoms with van der Waals surface area (Å²) in [6.45, 7) is 24.9. The molecule has 4 rings (SSSR count). The van der Waals surface area contributed by atoms with Crippen LogP contribution in [-0.4, -0.2) is 68.1 Å². The highest BCUT2D eigenvalue weighted by Crippen LogP contribution is 2.42. The third-order valence-corrected chi connectivity index (χ3v) is 18.0. The summed E-state index contributed by atoms with van der Waals surface area (Å²) >= 11 is 0. The number of aromatic amines is 1. The van der Waals surface area contributed by atoms with Crippen molar-refractivity contribution in [1.29, 1.82) is 0 Å². The fourth-order valence-corrected chi connectivity index (χ4v) is 6.78. The van der Waals surface area contributed by atoms with Crippen LogP contribution in [-0.2, 0) is 13.6 Å². The Kier molecular flexibility index (Phi) is 7.61. The lowest BCUT2D eigenvalue weighted by Gasteiger charge is -2.40. The average molecular weight is 550 g/mol. The Morgan fingerprint density at radius 3 is 2.27 bits per heavy atom. The highest BCUT2D eigenvalue weighted by molar-refractivity contribution is 6.74.